The average Bonchev–Trinajstić information content (AvgIpc) is 2.38. The van der Waals surface area contributed by atoms with Crippen LogP contribution in [0.3, 0.4) is 0 Å². The Morgan fingerprint density at radius 2 is 2.11 bits per heavy atom. The quantitative estimate of drug-likeness (QED) is 0.842. The number of hydrogen-bond acceptors (Lipinski definition) is 5. The number of rotatable bonds is 3. The minimum Gasteiger partial charge on any atom is -0.347 e. The smallest absolute Gasteiger partial charge is 0.231 e. The average molecular weight is 270 g/mol. The predicted octanol–water partition coefficient (Wildman–Crippen LogP) is 2.22. The van der Waals surface area contributed by atoms with E-state index in [9.17, 15) is 0 Å². The van der Waals surface area contributed by atoms with Gasteiger partial charge >= 0.3 is 0 Å². The fourth-order valence-electron chi connectivity index (χ4n) is 2.25. The van der Waals surface area contributed by atoms with Gasteiger partial charge in [0.2, 0.25) is 17.2 Å². The van der Waals surface area contributed by atoms with E-state index < -0.39 is 0 Å². The second-order valence-corrected chi connectivity index (χ2v) is 5.30. The first-order chi connectivity index (χ1) is 8.60. The molecule has 0 saturated carbocycles. The predicted molar refractivity (Wildman–Crippen MR) is 74.4 cm³/mol. The Labute approximate surface area is 113 Å². The van der Waals surface area contributed by atoms with Gasteiger partial charge in [-0.05, 0) is 30.4 Å². The van der Waals surface area contributed by atoms with Gasteiger partial charge in [-0.25, -0.2) is 0 Å². The molecule has 1 aliphatic heterocycles. The van der Waals surface area contributed by atoms with Crippen LogP contribution in [0.25, 0.3) is 0 Å². The number of hydrogen-bond donors (Lipinski definition) is 0. The van der Waals surface area contributed by atoms with Crippen LogP contribution in [-0.2, 0) is 0 Å². The Hall–Kier alpha value is -1.10. The lowest BCUT2D eigenvalue weighted by molar-refractivity contribution is 0.401. The molecule has 1 atom stereocenters. The monoisotopic (exact) mass is 269 g/mol. The summed E-state index contributed by atoms with van der Waals surface area (Å²) in [5.74, 6) is 2.05. The third kappa shape index (κ3) is 3.02. The Bertz CT molecular complexity index is 409. The van der Waals surface area contributed by atoms with Gasteiger partial charge < -0.3 is 9.80 Å². The molecule has 2 heterocycles. The second-order valence-electron chi connectivity index (χ2n) is 4.96. The number of nitrogens with zero attached hydrogens (tertiary/aromatic N) is 5. The normalized spacial score (nSPS) is 20.0. The Morgan fingerprint density at radius 1 is 1.33 bits per heavy atom. The van der Waals surface area contributed by atoms with Crippen LogP contribution in [0, 0.1) is 5.92 Å². The minimum atomic E-state index is 0.266. The van der Waals surface area contributed by atoms with E-state index >= 15 is 0 Å². The molecule has 100 valence electrons. The summed E-state index contributed by atoms with van der Waals surface area (Å²) in [4.78, 5) is 16.9. The summed E-state index contributed by atoms with van der Waals surface area (Å²) >= 11 is 5.97. The van der Waals surface area contributed by atoms with E-state index in [1.165, 1.54) is 19.3 Å². The topological polar surface area (TPSA) is 45.2 Å². The lowest BCUT2D eigenvalue weighted by Crippen LogP contribution is -2.36. The highest BCUT2D eigenvalue weighted by Gasteiger charge is 2.21. The molecule has 1 aromatic heterocycles. The van der Waals surface area contributed by atoms with Gasteiger partial charge in [0.25, 0.3) is 0 Å². The van der Waals surface area contributed by atoms with E-state index in [1.54, 1.807) is 0 Å². The number of anilines is 2. The van der Waals surface area contributed by atoms with Gasteiger partial charge in [0.1, 0.15) is 0 Å². The molecule has 1 aromatic rings. The first-order valence-electron chi connectivity index (χ1n) is 6.44. The van der Waals surface area contributed by atoms with Crippen molar-refractivity contribution < 1.29 is 0 Å². The van der Waals surface area contributed by atoms with E-state index in [4.69, 9.17) is 11.6 Å². The van der Waals surface area contributed by atoms with Crippen molar-refractivity contribution in [2.75, 3.05) is 37.0 Å². The number of piperidine rings is 1. The molecule has 2 rings (SSSR count). The lowest BCUT2D eigenvalue weighted by atomic mass is 9.96. The van der Waals surface area contributed by atoms with Gasteiger partial charge in [0, 0.05) is 27.2 Å². The molecule has 0 spiro atoms. The van der Waals surface area contributed by atoms with Crippen molar-refractivity contribution in [3.63, 3.8) is 0 Å². The largest absolute Gasteiger partial charge is 0.347 e. The van der Waals surface area contributed by atoms with Crippen LogP contribution in [0.2, 0.25) is 5.28 Å². The van der Waals surface area contributed by atoms with Crippen LogP contribution in [0.1, 0.15) is 26.2 Å². The van der Waals surface area contributed by atoms with Crippen molar-refractivity contribution in [2.24, 2.45) is 5.92 Å². The van der Waals surface area contributed by atoms with E-state index in [0.29, 0.717) is 11.9 Å². The molecular weight excluding hydrogens is 250 g/mol. The Morgan fingerprint density at radius 3 is 2.78 bits per heavy atom. The third-order valence-electron chi connectivity index (χ3n) is 3.36. The van der Waals surface area contributed by atoms with Crippen LogP contribution >= 0.6 is 11.6 Å². The van der Waals surface area contributed by atoms with Crippen molar-refractivity contribution in [1.82, 2.24) is 15.0 Å². The van der Waals surface area contributed by atoms with Gasteiger partial charge in [-0.15, -0.1) is 0 Å². The highest BCUT2D eigenvalue weighted by molar-refractivity contribution is 6.28. The zero-order valence-corrected chi connectivity index (χ0v) is 12.0. The standard InChI is InChI=1S/C12H20ClN5/c1-4-9-6-5-7-18(8-9)12-15-10(13)14-11(16-12)17(2)3/h9H,4-8H2,1-3H3. The summed E-state index contributed by atoms with van der Waals surface area (Å²) < 4.78 is 0. The van der Waals surface area contributed by atoms with Gasteiger partial charge in [-0.2, -0.15) is 15.0 Å². The highest BCUT2D eigenvalue weighted by Crippen LogP contribution is 2.23. The van der Waals surface area contributed by atoms with E-state index in [2.05, 4.69) is 26.8 Å². The summed E-state index contributed by atoms with van der Waals surface area (Å²) in [6.45, 7) is 4.26. The molecular formula is C12H20ClN5. The maximum Gasteiger partial charge on any atom is 0.231 e. The van der Waals surface area contributed by atoms with Crippen molar-refractivity contribution >= 4 is 23.5 Å². The molecule has 0 aromatic carbocycles. The molecule has 1 aliphatic rings. The van der Waals surface area contributed by atoms with Crippen LogP contribution in [0.5, 0.6) is 0 Å². The Kier molecular flexibility index (Phi) is 4.22. The van der Waals surface area contributed by atoms with Crippen LogP contribution in [0.15, 0.2) is 0 Å². The first-order valence-corrected chi connectivity index (χ1v) is 6.81. The molecule has 6 heteroatoms. The summed E-state index contributed by atoms with van der Waals surface area (Å²) in [6.07, 6.45) is 3.70. The summed E-state index contributed by atoms with van der Waals surface area (Å²) in [5, 5.41) is 0.266. The molecule has 0 radical (unpaired) electrons. The fraction of sp³-hybridized carbons (Fsp3) is 0.750. The maximum absolute atomic E-state index is 5.97. The first kappa shape index (κ1) is 13.3. The van der Waals surface area contributed by atoms with Gasteiger partial charge in [-0.3, -0.25) is 0 Å². The summed E-state index contributed by atoms with van der Waals surface area (Å²) in [5.41, 5.74) is 0. The van der Waals surface area contributed by atoms with E-state index in [1.807, 2.05) is 19.0 Å². The third-order valence-corrected chi connectivity index (χ3v) is 3.53. The zero-order valence-electron chi connectivity index (χ0n) is 11.2. The van der Waals surface area contributed by atoms with Crippen LogP contribution in [0.4, 0.5) is 11.9 Å². The van der Waals surface area contributed by atoms with Crippen molar-refractivity contribution in [1.29, 1.82) is 0 Å². The number of aromatic nitrogens is 3. The van der Waals surface area contributed by atoms with Crippen LogP contribution in [-0.4, -0.2) is 42.1 Å². The molecule has 1 saturated heterocycles. The zero-order chi connectivity index (χ0) is 13.1. The molecule has 1 unspecified atom stereocenters. The molecule has 5 nitrogen and oxygen atoms in total. The summed E-state index contributed by atoms with van der Waals surface area (Å²) in [6, 6.07) is 0. The van der Waals surface area contributed by atoms with Crippen LogP contribution < -0.4 is 9.80 Å². The fourth-order valence-corrected chi connectivity index (χ4v) is 2.40. The SMILES string of the molecule is CCC1CCCN(c2nc(Cl)nc(N(C)C)n2)C1. The molecule has 18 heavy (non-hydrogen) atoms. The lowest BCUT2D eigenvalue weighted by Gasteiger charge is -2.32. The van der Waals surface area contributed by atoms with Gasteiger partial charge in [0.05, 0.1) is 0 Å². The second kappa shape index (κ2) is 5.69. The van der Waals surface area contributed by atoms with E-state index in [0.717, 1.165) is 19.0 Å². The van der Waals surface area contributed by atoms with Gasteiger partial charge in [0.15, 0.2) is 0 Å². The highest BCUT2D eigenvalue weighted by atomic mass is 35.5. The van der Waals surface area contributed by atoms with E-state index in [-0.39, 0.29) is 5.28 Å². The molecule has 0 bridgehead atoms. The van der Waals surface area contributed by atoms with Crippen molar-refractivity contribution in [3.05, 3.63) is 5.28 Å². The maximum atomic E-state index is 5.97. The number of halogens is 1. The molecule has 0 aliphatic carbocycles. The minimum absolute atomic E-state index is 0.266. The summed E-state index contributed by atoms with van der Waals surface area (Å²) in [7, 11) is 3.81. The molecule has 0 amide bonds. The van der Waals surface area contributed by atoms with Crippen molar-refractivity contribution in [3.8, 4) is 0 Å². The van der Waals surface area contributed by atoms with Crippen molar-refractivity contribution in [2.45, 2.75) is 26.2 Å². The van der Waals surface area contributed by atoms with Gasteiger partial charge in [-0.1, -0.05) is 13.3 Å². The molecule has 0 N–H and O–H groups in total. The Balaban J connectivity index is 2.21. The molecule has 1 fully saturated rings.